The van der Waals surface area contributed by atoms with Crippen LogP contribution in [0.15, 0.2) is 4.52 Å². The Morgan fingerprint density at radius 2 is 2.19 bits per heavy atom. The van der Waals surface area contributed by atoms with Crippen molar-refractivity contribution < 1.29 is 9.26 Å². The van der Waals surface area contributed by atoms with Crippen molar-refractivity contribution >= 4 is 0 Å². The van der Waals surface area contributed by atoms with Gasteiger partial charge in [0.2, 0.25) is 11.7 Å². The summed E-state index contributed by atoms with van der Waals surface area (Å²) in [5, 5.41) is 7.54. The fourth-order valence-electron chi connectivity index (χ4n) is 2.64. The molecule has 1 fully saturated rings. The molecule has 1 aromatic heterocycles. The van der Waals surface area contributed by atoms with Gasteiger partial charge in [0.15, 0.2) is 0 Å². The predicted molar refractivity (Wildman–Crippen MR) is 81.2 cm³/mol. The van der Waals surface area contributed by atoms with Gasteiger partial charge in [0.25, 0.3) is 0 Å². The van der Waals surface area contributed by atoms with Crippen molar-refractivity contribution in [3.8, 4) is 0 Å². The van der Waals surface area contributed by atoms with Crippen LogP contribution in [0.25, 0.3) is 0 Å². The summed E-state index contributed by atoms with van der Waals surface area (Å²) in [5.41, 5.74) is 0. The third-order valence-corrected chi connectivity index (χ3v) is 4.01. The molecule has 2 heterocycles. The Bertz CT molecular complexity index is 422. The van der Waals surface area contributed by atoms with E-state index in [1.54, 1.807) is 0 Å². The smallest absolute Gasteiger partial charge is 0.228 e. The number of morpholine rings is 1. The van der Waals surface area contributed by atoms with Gasteiger partial charge in [-0.3, -0.25) is 4.90 Å². The first-order valence-electron chi connectivity index (χ1n) is 8.05. The topological polar surface area (TPSA) is 63.4 Å². The van der Waals surface area contributed by atoms with Gasteiger partial charge < -0.3 is 14.6 Å². The third-order valence-electron chi connectivity index (χ3n) is 4.01. The number of aromatic nitrogens is 2. The van der Waals surface area contributed by atoms with E-state index in [1.165, 1.54) is 0 Å². The number of rotatable bonds is 7. The molecule has 0 aliphatic carbocycles. The van der Waals surface area contributed by atoms with Gasteiger partial charge in [-0.15, -0.1) is 0 Å². The van der Waals surface area contributed by atoms with Crippen LogP contribution in [0.3, 0.4) is 0 Å². The van der Waals surface area contributed by atoms with E-state index >= 15 is 0 Å². The molecule has 2 atom stereocenters. The largest absolute Gasteiger partial charge is 0.367 e. The molecule has 6 heteroatoms. The van der Waals surface area contributed by atoms with Crippen molar-refractivity contribution in [3.63, 3.8) is 0 Å². The Morgan fingerprint density at radius 3 is 2.86 bits per heavy atom. The van der Waals surface area contributed by atoms with Crippen LogP contribution in [-0.2, 0) is 11.2 Å². The minimum absolute atomic E-state index is 0.0714. The van der Waals surface area contributed by atoms with Gasteiger partial charge in [-0.05, 0) is 26.8 Å². The highest BCUT2D eigenvalue weighted by molar-refractivity contribution is 4.96. The highest BCUT2D eigenvalue weighted by Crippen LogP contribution is 2.21. The third kappa shape index (κ3) is 4.49. The lowest BCUT2D eigenvalue weighted by molar-refractivity contribution is -0.0450. The highest BCUT2D eigenvalue weighted by atomic mass is 16.5. The monoisotopic (exact) mass is 296 g/mol. The van der Waals surface area contributed by atoms with Crippen molar-refractivity contribution in [1.29, 1.82) is 0 Å². The number of hydrogen-bond donors (Lipinski definition) is 1. The van der Waals surface area contributed by atoms with Crippen molar-refractivity contribution in [2.75, 3.05) is 26.2 Å². The van der Waals surface area contributed by atoms with Gasteiger partial charge in [-0.25, -0.2) is 0 Å². The summed E-state index contributed by atoms with van der Waals surface area (Å²) in [6.07, 6.45) is 1.75. The molecule has 2 unspecified atom stereocenters. The van der Waals surface area contributed by atoms with Crippen LogP contribution in [0.1, 0.15) is 51.9 Å². The van der Waals surface area contributed by atoms with Gasteiger partial charge in [0.05, 0.1) is 6.61 Å². The van der Waals surface area contributed by atoms with E-state index < -0.39 is 0 Å². The van der Waals surface area contributed by atoms with Crippen molar-refractivity contribution in [1.82, 2.24) is 20.4 Å². The SMILES string of the molecule is CCNC(CC)Cc1nc(C2CN(C(C)C)CCO2)no1. The molecule has 6 nitrogen and oxygen atoms in total. The molecule has 1 aliphatic heterocycles. The van der Waals surface area contributed by atoms with Crippen LogP contribution in [0, 0.1) is 0 Å². The van der Waals surface area contributed by atoms with Crippen LogP contribution < -0.4 is 5.32 Å². The lowest BCUT2D eigenvalue weighted by Gasteiger charge is -2.34. The molecule has 0 bridgehead atoms. The molecule has 2 rings (SSSR count). The van der Waals surface area contributed by atoms with Crippen LogP contribution in [0.2, 0.25) is 0 Å². The Balaban J connectivity index is 1.95. The molecule has 1 saturated heterocycles. The fourth-order valence-corrected chi connectivity index (χ4v) is 2.64. The van der Waals surface area contributed by atoms with E-state index in [2.05, 4.69) is 48.1 Å². The van der Waals surface area contributed by atoms with Gasteiger partial charge in [-0.2, -0.15) is 4.98 Å². The quantitative estimate of drug-likeness (QED) is 0.827. The minimum Gasteiger partial charge on any atom is -0.367 e. The molecule has 0 saturated carbocycles. The zero-order valence-electron chi connectivity index (χ0n) is 13.6. The first-order chi connectivity index (χ1) is 10.1. The second kappa shape index (κ2) is 7.87. The van der Waals surface area contributed by atoms with Gasteiger partial charge in [0, 0.05) is 31.6 Å². The summed E-state index contributed by atoms with van der Waals surface area (Å²) >= 11 is 0. The molecule has 21 heavy (non-hydrogen) atoms. The van der Waals surface area contributed by atoms with Crippen LogP contribution in [-0.4, -0.2) is 53.4 Å². The van der Waals surface area contributed by atoms with Gasteiger partial charge >= 0.3 is 0 Å². The molecule has 120 valence electrons. The Kier molecular flexibility index (Phi) is 6.14. The predicted octanol–water partition coefficient (Wildman–Crippen LogP) is 1.78. The molecular formula is C15H28N4O2. The number of nitrogens with one attached hydrogen (secondary N) is 1. The summed E-state index contributed by atoms with van der Waals surface area (Å²) in [4.78, 5) is 6.91. The minimum atomic E-state index is -0.0714. The molecule has 1 aliphatic rings. The Hall–Kier alpha value is -0.980. The summed E-state index contributed by atoms with van der Waals surface area (Å²) in [7, 11) is 0. The Morgan fingerprint density at radius 1 is 1.38 bits per heavy atom. The van der Waals surface area contributed by atoms with E-state index in [-0.39, 0.29) is 6.10 Å². The standard InChI is InChI=1S/C15H28N4O2/c1-5-12(16-6-2)9-14-17-15(18-21-14)13-10-19(11(3)4)7-8-20-13/h11-13,16H,5-10H2,1-4H3. The van der Waals surface area contributed by atoms with E-state index in [0.29, 0.717) is 23.8 Å². The number of likely N-dealkylation sites (N-methyl/N-ethyl adjacent to an activating group) is 1. The molecule has 0 radical (unpaired) electrons. The lowest BCUT2D eigenvalue weighted by atomic mass is 10.1. The van der Waals surface area contributed by atoms with Gasteiger partial charge in [-0.1, -0.05) is 19.0 Å². The van der Waals surface area contributed by atoms with Crippen molar-refractivity contribution in [3.05, 3.63) is 11.7 Å². The zero-order valence-corrected chi connectivity index (χ0v) is 13.6. The van der Waals surface area contributed by atoms with Gasteiger partial charge in [0.1, 0.15) is 6.10 Å². The maximum atomic E-state index is 5.79. The van der Waals surface area contributed by atoms with E-state index in [1.807, 2.05) is 0 Å². The van der Waals surface area contributed by atoms with E-state index in [4.69, 9.17) is 9.26 Å². The fraction of sp³-hybridized carbons (Fsp3) is 0.867. The number of ether oxygens (including phenoxy) is 1. The van der Waals surface area contributed by atoms with Crippen molar-refractivity contribution in [2.24, 2.45) is 0 Å². The van der Waals surface area contributed by atoms with Crippen LogP contribution in [0.4, 0.5) is 0 Å². The van der Waals surface area contributed by atoms with E-state index in [9.17, 15) is 0 Å². The average Bonchev–Trinajstić information content (AvgIpc) is 2.95. The summed E-state index contributed by atoms with van der Waals surface area (Å²) < 4.78 is 11.2. The number of hydrogen-bond acceptors (Lipinski definition) is 6. The second-order valence-corrected chi connectivity index (χ2v) is 5.86. The van der Waals surface area contributed by atoms with Crippen LogP contribution in [0.5, 0.6) is 0 Å². The normalized spacial score (nSPS) is 21.9. The molecule has 0 amide bonds. The first-order valence-corrected chi connectivity index (χ1v) is 8.05. The van der Waals surface area contributed by atoms with Crippen LogP contribution >= 0.6 is 0 Å². The summed E-state index contributed by atoms with van der Waals surface area (Å²) in [6.45, 7) is 12.2. The number of nitrogens with zero attached hydrogens (tertiary/aromatic N) is 3. The lowest BCUT2D eigenvalue weighted by Crippen LogP contribution is -2.42. The molecular weight excluding hydrogens is 268 g/mol. The Labute approximate surface area is 127 Å². The van der Waals surface area contributed by atoms with E-state index in [0.717, 1.165) is 39.1 Å². The molecule has 0 aromatic carbocycles. The maximum Gasteiger partial charge on any atom is 0.228 e. The van der Waals surface area contributed by atoms with Crippen molar-refractivity contribution in [2.45, 2.75) is 58.7 Å². The average molecular weight is 296 g/mol. The summed E-state index contributed by atoms with van der Waals surface area (Å²) in [6, 6.07) is 0.906. The highest BCUT2D eigenvalue weighted by Gasteiger charge is 2.27. The summed E-state index contributed by atoms with van der Waals surface area (Å²) in [5.74, 6) is 1.38. The molecule has 1 aromatic rings. The zero-order chi connectivity index (χ0) is 15.2. The second-order valence-electron chi connectivity index (χ2n) is 5.86. The maximum absolute atomic E-state index is 5.79. The first kappa shape index (κ1) is 16.4. The molecule has 0 spiro atoms. The molecule has 1 N–H and O–H groups in total.